The topological polar surface area (TPSA) is 38.3 Å². The summed E-state index contributed by atoms with van der Waals surface area (Å²) >= 11 is 0. The molecule has 0 saturated heterocycles. The quantitative estimate of drug-likeness (QED) is 0.626. The summed E-state index contributed by atoms with van der Waals surface area (Å²) in [5, 5.41) is 3.19. The highest BCUT2D eigenvalue weighted by Crippen LogP contribution is 2.61. The molecule has 1 amide bonds. The maximum atomic E-state index is 13.7. The van der Waals surface area contributed by atoms with Crippen molar-refractivity contribution in [1.82, 2.24) is 0 Å². The Morgan fingerprint density at radius 3 is 2.10 bits per heavy atom. The van der Waals surface area contributed by atoms with Gasteiger partial charge >= 0.3 is 0 Å². The van der Waals surface area contributed by atoms with Gasteiger partial charge in [-0.1, -0.05) is 60.7 Å². The summed E-state index contributed by atoms with van der Waals surface area (Å²) < 4.78 is 5.72. The molecule has 3 aliphatic carbocycles. The predicted molar refractivity (Wildman–Crippen MR) is 116 cm³/mol. The molecular weight excluding hydrogens is 358 g/mol. The molecule has 1 N–H and O–H groups in total. The van der Waals surface area contributed by atoms with E-state index < -0.39 is 5.41 Å². The number of hydrogen-bond acceptors (Lipinski definition) is 2. The van der Waals surface area contributed by atoms with Gasteiger partial charge in [-0.25, -0.2) is 0 Å². The van der Waals surface area contributed by atoms with Gasteiger partial charge < -0.3 is 10.1 Å². The summed E-state index contributed by atoms with van der Waals surface area (Å²) in [4.78, 5) is 13.7. The molecule has 0 unspecified atom stereocenters. The van der Waals surface area contributed by atoms with Crippen LogP contribution in [0.4, 0.5) is 5.69 Å². The number of fused-ring (bicyclic) bond motifs is 1. The fraction of sp³-hybridized carbons (Fsp3) is 0.269. The summed E-state index contributed by atoms with van der Waals surface area (Å²) in [5.74, 6) is 1.09. The van der Waals surface area contributed by atoms with Crippen molar-refractivity contribution in [3.8, 4) is 5.75 Å². The van der Waals surface area contributed by atoms with Crippen LogP contribution in [0.5, 0.6) is 5.75 Å². The van der Waals surface area contributed by atoms with Crippen molar-refractivity contribution in [1.29, 1.82) is 0 Å². The lowest BCUT2D eigenvalue weighted by molar-refractivity contribution is -0.126. The number of nitrogens with one attached hydrogen (secondary N) is 1. The number of carbonyl (C=O) groups excluding carboxylic acids is 1. The van der Waals surface area contributed by atoms with Crippen LogP contribution in [-0.2, 0) is 4.79 Å². The summed E-state index contributed by atoms with van der Waals surface area (Å²) in [6, 6.07) is 24.9. The molecule has 146 valence electrons. The van der Waals surface area contributed by atoms with Crippen LogP contribution in [0.15, 0.2) is 72.8 Å². The third-order valence-corrected chi connectivity index (χ3v) is 6.58. The SMILES string of the molecule is CCOc1ccccc1NC(=O)[C@]1(C)CC2c3ccccc3C1c1ccccc12. The highest BCUT2D eigenvalue weighted by Gasteiger charge is 2.53. The number of rotatable bonds is 4. The second kappa shape index (κ2) is 6.77. The van der Waals surface area contributed by atoms with Crippen LogP contribution < -0.4 is 10.1 Å². The Hall–Kier alpha value is -3.07. The first kappa shape index (κ1) is 18.0. The second-order valence-electron chi connectivity index (χ2n) is 8.25. The van der Waals surface area contributed by atoms with Gasteiger partial charge in [0.2, 0.25) is 5.91 Å². The van der Waals surface area contributed by atoms with Crippen LogP contribution in [-0.4, -0.2) is 12.5 Å². The summed E-state index contributed by atoms with van der Waals surface area (Å²) in [7, 11) is 0. The Bertz CT molecular complexity index is 1040. The monoisotopic (exact) mass is 383 g/mol. The van der Waals surface area contributed by atoms with Gasteiger partial charge in [-0.2, -0.15) is 0 Å². The minimum atomic E-state index is -0.521. The number of benzene rings is 3. The number of amides is 1. The highest BCUT2D eigenvalue weighted by molar-refractivity contribution is 5.98. The fourth-order valence-corrected chi connectivity index (χ4v) is 5.31. The molecule has 0 aliphatic heterocycles. The molecule has 1 atom stereocenters. The van der Waals surface area contributed by atoms with E-state index >= 15 is 0 Å². The minimum Gasteiger partial charge on any atom is -0.492 e. The third kappa shape index (κ3) is 2.68. The molecular formula is C26H25NO2. The fourth-order valence-electron chi connectivity index (χ4n) is 5.31. The Kier molecular flexibility index (Phi) is 4.20. The number of hydrogen-bond donors (Lipinski definition) is 1. The van der Waals surface area contributed by atoms with Crippen molar-refractivity contribution in [3.05, 3.63) is 95.1 Å². The Labute approximate surface area is 171 Å². The lowest BCUT2D eigenvalue weighted by Crippen LogP contribution is -2.47. The lowest BCUT2D eigenvalue weighted by Gasteiger charge is -2.50. The molecule has 3 aromatic rings. The number of carbonyl (C=O) groups is 1. The maximum Gasteiger partial charge on any atom is 0.231 e. The van der Waals surface area contributed by atoms with Gasteiger partial charge in [-0.3, -0.25) is 4.79 Å². The minimum absolute atomic E-state index is 0.0548. The van der Waals surface area contributed by atoms with Gasteiger partial charge in [0.05, 0.1) is 17.7 Å². The first-order chi connectivity index (χ1) is 14.1. The van der Waals surface area contributed by atoms with Crippen molar-refractivity contribution in [3.63, 3.8) is 0 Å². The molecule has 3 heteroatoms. The van der Waals surface area contributed by atoms with E-state index in [0.29, 0.717) is 12.4 Å². The average molecular weight is 383 g/mol. The maximum absolute atomic E-state index is 13.7. The van der Waals surface area contributed by atoms with Gasteiger partial charge in [0.25, 0.3) is 0 Å². The molecule has 6 rings (SSSR count). The zero-order valence-electron chi connectivity index (χ0n) is 16.8. The molecule has 0 heterocycles. The first-order valence-corrected chi connectivity index (χ1v) is 10.3. The molecule has 2 bridgehead atoms. The smallest absolute Gasteiger partial charge is 0.231 e. The van der Waals surface area contributed by atoms with Crippen LogP contribution in [0.2, 0.25) is 0 Å². The Morgan fingerprint density at radius 2 is 1.48 bits per heavy atom. The Balaban J connectivity index is 1.57. The van der Waals surface area contributed by atoms with Gasteiger partial charge in [0, 0.05) is 11.8 Å². The Morgan fingerprint density at radius 1 is 0.931 bits per heavy atom. The standard InChI is InChI=1S/C26H25NO2/c1-3-29-23-15-9-8-14-22(23)27-25(28)26(2)16-21-17-10-4-6-12-19(17)24(26)20-13-7-5-11-18(20)21/h4-15,21,24H,3,16H2,1-2H3,(H,27,28)/t21?,24?,26-/m1/s1. The molecule has 0 spiro atoms. The third-order valence-electron chi connectivity index (χ3n) is 6.58. The van der Waals surface area contributed by atoms with Crippen molar-refractivity contribution in [2.75, 3.05) is 11.9 Å². The van der Waals surface area contributed by atoms with Gasteiger partial charge in [0.15, 0.2) is 0 Å². The molecule has 3 nitrogen and oxygen atoms in total. The summed E-state index contributed by atoms with van der Waals surface area (Å²) in [5.41, 5.74) is 5.54. The van der Waals surface area contributed by atoms with E-state index in [9.17, 15) is 4.79 Å². The van der Waals surface area contributed by atoms with Crippen LogP contribution in [0.1, 0.15) is 54.4 Å². The zero-order chi connectivity index (χ0) is 20.0. The largest absolute Gasteiger partial charge is 0.492 e. The van der Waals surface area contributed by atoms with Crippen molar-refractivity contribution < 1.29 is 9.53 Å². The summed E-state index contributed by atoms with van der Waals surface area (Å²) in [6.07, 6.45) is 0.814. The van der Waals surface area contributed by atoms with E-state index in [0.717, 1.165) is 12.1 Å². The predicted octanol–water partition coefficient (Wildman–Crippen LogP) is 5.71. The van der Waals surface area contributed by atoms with Crippen molar-refractivity contribution >= 4 is 11.6 Å². The highest BCUT2D eigenvalue weighted by atomic mass is 16.5. The molecule has 0 radical (unpaired) electrons. The van der Waals surface area contributed by atoms with E-state index in [1.165, 1.54) is 22.3 Å². The summed E-state index contributed by atoms with van der Waals surface area (Å²) in [6.45, 7) is 4.64. The van der Waals surface area contributed by atoms with E-state index in [4.69, 9.17) is 4.74 Å². The van der Waals surface area contributed by atoms with Gasteiger partial charge in [-0.05, 0) is 54.7 Å². The number of ether oxygens (including phenoxy) is 1. The van der Waals surface area contributed by atoms with E-state index in [1.807, 2.05) is 31.2 Å². The molecule has 0 fully saturated rings. The van der Waals surface area contributed by atoms with E-state index in [-0.39, 0.29) is 17.7 Å². The average Bonchev–Trinajstić information content (AvgIpc) is 2.75. The van der Waals surface area contributed by atoms with Crippen LogP contribution in [0, 0.1) is 5.41 Å². The molecule has 3 aliphatic rings. The normalized spacial score (nSPS) is 23.8. The van der Waals surface area contributed by atoms with Crippen LogP contribution in [0.3, 0.4) is 0 Å². The molecule has 0 aromatic heterocycles. The zero-order valence-corrected chi connectivity index (χ0v) is 16.8. The van der Waals surface area contributed by atoms with Crippen molar-refractivity contribution in [2.45, 2.75) is 32.1 Å². The van der Waals surface area contributed by atoms with Crippen molar-refractivity contribution in [2.24, 2.45) is 5.41 Å². The first-order valence-electron chi connectivity index (χ1n) is 10.3. The number of anilines is 1. The lowest BCUT2D eigenvalue weighted by atomic mass is 9.52. The second-order valence-corrected chi connectivity index (χ2v) is 8.25. The van der Waals surface area contributed by atoms with E-state index in [1.54, 1.807) is 0 Å². The molecule has 0 saturated carbocycles. The van der Waals surface area contributed by atoms with Gasteiger partial charge in [0.1, 0.15) is 5.75 Å². The van der Waals surface area contributed by atoms with E-state index in [2.05, 4.69) is 60.8 Å². The molecule has 29 heavy (non-hydrogen) atoms. The number of para-hydroxylation sites is 2. The van der Waals surface area contributed by atoms with Crippen LogP contribution in [0.25, 0.3) is 0 Å². The molecule has 3 aromatic carbocycles. The van der Waals surface area contributed by atoms with Gasteiger partial charge in [-0.15, -0.1) is 0 Å². The van der Waals surface area contributed by atoms with Crippen LogP contribution >= 0.6 is 0 Å².